The van der Waals surface area contributed by atoms with E-state index >= 15 is 0 Å². The topological polar surface area (TPSA) is 66.9 Å². The van der Waals surface area contributed by atoms with Gasteiger partial charge in [0.1, 0.15) is 0 Å². The van der Waals surface area contributed by atoms with Gasteiger partial charge in [-0.25, -0.2) is 8.78 Å². The van der Waals surface area contributed by atoms with E-state index in [1.165, 1.54) is 30.3 Å². The predicted octanol–water partition coefficient (Wildman–Crippen LogP) is 4.77. The summed E-state index contributed by atoms with van der Waals surface area (Å²) >= 11 is 0. The second-order valence-corrected chi connectivity index (χ2v) is 5.59. The minimum atomic E-state index is -4.53. The zero-order valence-electron chi connectivity index (χ0n) is 13.9. The van der Waals surface area contributed by atoms with Crippen molar-refractivity contribution in [2.75, 3.05) is 10.6 Å². The van der Waals surface area contributed by atoms with Gasteiger partial charge in [-0.3, -0.25) is 4.79 Å². The summed E-state index contributed by atoms with van der Waals surface area (Å²) in [7, 11) is 0. The van der Waals surface area contributed by atoms with Crippen LogP contribution < -0.4 is 10.6 Å². The highest BCUT2D eigenvalue weighted by Gasteiger charge is 2.30. The molecule has 0 bridgehead atoms. The van der Waals surface area contributed by atoms with Gasteiger partial charge in [-0.15, -0.1) is 10.2 Å². The molecule has 0 radical (unpaired) electrons. The molecule has 10 heteroatoms. The molecule has 0 fully saturated rings. The van der Waals surface area contributed by atoms with Gasteiger partial charge in [-0.2, -0.15) is 13.2 Å². The number of hydrogen-bond acceptors (Lipinski definition) is 4. The van der Waals surface area contributed by atoms with Gasteiger partial charge in [-0.05, 0) is 42.5 Å². The molecule has 0 atom stereocenters. The molecule has 0 saturated heterocycles. The maximum absolute atomic E-state index is 13.2. The summed E-state index contributed by atoms with van der Waals surface area (Å²) in [5, 5.41) is 12.4. The Morgan fingerprint density at radius 2 is 1.64 bits per heavy atom. The van der Waals surface area contributed by atoms with E-state index in [0.29, 0.717) is 0 Å². The first kappa shape index (κ1) is 19.2. The molecule has 0 spiro atoms. The van der Waals surface area contributed by atoms with Gasteiger partial charge < -0.3 is 10.6 Å². The lowest BCUT2D eigenvalue weighted by Gasteiger charge is -2.10. The van der Waals surface area contributed by atoms with Crippen molar-refractivity contribution < 1.29 is 26.7 Å². The van der Waals surface area contributed by atoms with Crippen molar-refractivity contribution in [1.82, 2.24) is 10.2 Å². The Kier molecular flexibility index (Phi) is 5.21. The summed E-state index contributed by atoms with van der Waals surface area (Å²) < 4.78 is 64.2. The average Bonchev–Trinajstić information content (AvgIpc) is 2.65. The van der Waals surface area contributed by atoms with Crippen molar-refractivity contribution in [1.29, 1.82) is 0 Å². The number of carbonyl (C=O) groups is 1. The van der Waals surface area contributed by atoms with Crippen molar-refractivity contribution in [3.63, 3.8) is 0 Å². The van der Waals surface area contributed by atoms with Crippen LogP contribution >= 0.6 is 0 Å². The molecule has 0 saturated carbocycles. The molecule has 1 amide bonds. The number of carbonyl (C=O) groups excluding carboxylic acids is 1. The van der Waals surface area contributed by atoms with E-state index in [2.05, 4.69) is 20.8 Å². The Labute approximate surface area is 155 Å². The Bertz CT molecular complexity index is 1010. The molecule has 2 aromatic carbocycles. The Morgan fingerprint density at radius 1 is 0.857 bits per heavy atom. The monoisotopic (exact) mass is 394 g/mol. The number of nitrogens with zero attached hydrogens (tertiary/aromatic N) is 2. The number of nitrogens with one attached hydrogen (secondary N) is 2. The first-order valence-corrected chi connectivity index (χ1v) is 7.77. The summed E-state index contributed by atoms with van der Waals surface area (Å²) in [4.78, 5) is 12.1. The Hall–Kier alpha value is -3.56. The highest BCUT2D eigenvalue weighted by atomic mass is 19.4. The predicted molar refractivity (Wildman–Crippen MR) is 91.1 cm³/mol. The van der Waals surface area contributed by atoms with E-state index in [4.69, 9.17) is 0 Å². The van der Waals surface area contributed by atoms with E-state index in [1.807, 2.05) is 0 Å². The first-order valence-electron chi connectivity index (χ1n) is 7.77. The number of aromatic nitrogens is 2. The zero-order chi connectivity index (χ0) is 20.3. The van der Waals surface area contributed by atoms with Crippen molar-refractivity contribution >= 4 is 23.1 Å². The summed E-state index contributed by atoms with van der Waals surface area (Å²) in [5.74, 6) is -2.65. The van der Waals surface area contributed by atoms with Crippen LogP contribution in [0.1, 0.15) is 16.1 Å². The van der Waals surface area contributed by atoms with Crippen LogP contribution in [0.25, 0.3) is 0 Å². The van der Waals surface area contributed by atoms with Crippen LogP contribution in [-0.2, 0) is 6.18 Å². The molecule has 1 aromatic heterocycles. The van der Waals surface area contributed by atoms with Gasteiger partial charge in [-0.1, -0.05) is 6.07 Å². The van der Waals surface area contributed by atoms with Gasteiger partial charge in [0.2, 0.25) is 0 Å². The normalized spacial score (nSPS) is 11.2. The number of rotatable bonds is 4. The van der Waals surface area contributed by atoms with Crippen LogP contribution in [0.3, 0.4) is 0 Å². The lowest BCUT2D eigenvalue weighted by molar-refractivity contribution is -0.137. The maximum Gasteiger partial charge on any atom is 0.416 e. The third kappa shape index (κ3) is 4.58. The minimum Gasteiger partial charge on any atom is -0.339 e. The fourth-order valence-corrected chi connectivity index (χ4v) is 2.21. The standard InChI is InChI=1S/C18H11F5N4O/c19-13-5-4-12(9-14(13)20)24-16-7-6-15(26-27-16)17(28)25-11-3-1-2-10(8-11)18(21,22)23/h1-9H,(H,24,27)(H,25,28). The molecule has 5 nitrogen and oxygen atoms in total. The quantitative estimate of drug-likeness (QED) is 0.626. The largest absolute Gasteiger partial charge is 0.416 e. The molecule has 0 aliphatic carbocycles. The summed E-state index contributed by atoms with van der Waals surface area (Å²) in [6.45, 7) is 0. The van der Waals surface area contributed by atoms with Gasteiger partial charge in [0.05, 0.1) is 5.56 Å². The number of benzene rings is 2. The van der Waals surface area contributed by atoms with Gasteiger partial charge in [0.15, 0.2) is 23.1 Å². The van der Waals surface area contributed by atoms with Gasteiger partial charge >= 0.3 is 6.18 Å². The highest BCUT2D eigenvalue weighted by molar-refractivity contribution is 6.02. The second-order valence-electron chi connectivity index (χ2n) is 5.59. The molecule has 3 rings (SSSR count). The van der Waals surface area contributed by atoms with Crippen LogP contribution in [0, 0.1) is 11.6 Å². The third-order valence-corrected chi connectivity index (χ3v) is 3.54. The summed E-state index contributed by atoms with van der Waals surface area (Å²) in [6, 6.07) is 9.92. The van der Waals surface area contributed by atoms with E-state index in [1.54, 1.807) is 0 Å². The van der Waals surface area contributed by atoms with Crippen LogP contribution in [0.15, 0.2) is 54.6 Å². The molecule has 2 N–H and O–H groups in total. The molecular weight excluding hydrogens is 383 g/mol. The van der Waals surface area contributed by atoms with Gasteiger partial charge in [0, 0.05) is 17.4 Å². The van der Waals surface area contributed by atoms with Crippen LogP contribution in [0.4, 0.5) is 39.1 Å². The molecule has 1 heterocycles. The second kappa shape index (κ2) is 7.59. The van der Waals surface area contributed by atoms with E-state index in [-0.39, 0.29) is 22.9 Å². The summed E-state index contributed by atoms with van der Waals surface area (Å²) in [5.41, 5.74) is -0.879. The lowest BCUT2D eigenvalue weighted by Crippen LogP contribution is -2.15. The number of hydrogen-bond donors (Lipinski definition) is 2. The van der Waals surface area contributed by atoms with Crippen LogP contribution in [0.2, 0.25) is 0 Å². The SMILES string of the molecule is O=C(Nc1cccc(C(F)(F)F)c1)c1ccc(Nc2ccc(F)c(F)c2)nn1. The van der Waals surface area contributed by atoms with E-state index in [9.17, 15) is 26.7 Å². The molecule has 0 aliphatic heterocycles. The third-order valence-electron chi connectivity index (χ3n) is 3.54. The molecule has 0 aliphatic rings. The van der Waals surface area contributed by atoms with E-state index < -0.39 is 29.3 Å². The highest BCUT2D eigenvalue weighted by Crippen LogP contribution is 2.30. The van der Waals surface area contributed by atoms with Crippen LogP contribution in [-0.4, -0.2) is 16.1 Å². The number of halogens is 5. The molecule has 0 unspecified atom stereocenters. The van der Waals surface area contributed by atoms with Crippen molar-refractivity contribution in [2.24, 2.45) is 0 Å². The van der Waals surface area contributed by atoms with Crippen molar-refractivity contribution in [3.8, 4) is 0 Å². The molecule has 28 heavy (non-hydrogen) atoms. The molecular formula is C18H11F5N4O. The summed E-state index contributed by atoms with van der Waals surface area (Å²) in [6.07, 6.45) is -4.53. The maximum atomic E-state index is 13.2. The smallest absolute Gasteiger partial charge is 0.339 e. The first-order chi connectivity index (χ1) is 13.2. The number of alkyl halides is 3. The lowest BCUT2D eigenvalue weighted by atomic mass is 10.2. The van der Waals surface area contributed by atoms with E-state index in [0.717, 1.165) is 24.3 Å². The Balaban J connectivity index is 1.69. The van der Waals surface area contributed by atoms with Crippen molar-refractivity contribution in [2.45, 2.75) is 6.18 Å². The zero-order valence-corrected chi connectivity index (χ0v) is 13.9. The molecule has 3 aromatic rings. The molecule has 144 valence electrons. The van der Waals surface area contributed by atoms with Crippen molar-refractivity contribution in [3.05, 3.63) is 77.5 Å². The van der Waals surface area contributed by atoms with Crippen LogP contribution in [0.5, 0.6) is 0 Å². The minimum absolute atomic E-state index is 0.0504. The Morgan fingerprint density at radius 3 is 2.29 bits per heavy atom. The fraction of sp³-hybridized carbons (Fsp3) is 0.0556. The van der Waals surface area contributed by atoms with Gasteiger partial charge in [0.25, 0.3) is 5.91 Å². The fourth-order valence-electron chi connectivity index (χ4n) is 2.21. The average molecular weight is 394 g/mol. The number of amides is 1. The number of anilines is 3.